The second kappa shape index (κ2) is 7.57. The van der Waals surface area contributed by atoms with Gasteiger partial charge in [-0.3, -0.25) is 0 Å². The fourth-order valence-corrected chi connectivity index (χ4v) is 10.2. The molecule has 0 aromatic rings. The molecule has 3 nitrogen and oxygen atoms in total. The number of hydrogen-bond acceptors (Lipinski definition) is 3. The molecule has 0 radical (unpaired) electrons. The number of nitrogens with one attached hydrogen (secondary N) is 1. The van der Waals surface area contributed by atoms with Crippen molar-refractivity contribution in [1.82, 2.24) is 10.2 Å². The van der Waals surface area contributed by atoms with Crippen LogP contribution in [0.1, 0.15) is 80.1 Å². The van der Waals surface area contributed by atoms with Gasteiger partial charge in [-0.2, -0.15) is 0 Å². The summed E-state index contributed by atoms with van der Waals surface area (Å²) in [6, 6.07) is 1.01. The van der Waals surface area contributed by atoms with Crippen LogP contribution in [-0.2, 0) is 0 Å². The molecule has 2 N–H and O–H groups in total. The average Bonchev–Trinajstić information content (AvgIpc) is 2.91. The molecular formula is C28H50N2O. The van der Waals surface area contributed by atoms with Gasteiger partial charge in [0.05, 0.1) is 6.10 Å². The molecule has 4 rings (SSSR count). The first kappa shape index (κ1) is 23.8. The van der Waals surface area contributed by atoms with Gasteiger partial charge in [0.2, 0.25) is 0 Å². The van der Waals surface area contributed by atoms with Crippen LogP contribution in [0, 0.1) is 45.3 Å². The van der Waals surface area contributed by atoms with E-state index in [9.17, 15) is 5.11 Å². The molecule has 3 fully saturated rings. The first-order valence-corrected chi connectivity index (χ1v) is 13.1. The Bertz CT molecular complexity index is 716. The highest BCUT2D eigenvalue weighted by Gasteiger charge is 2.69. The molecular weight excluding hydrogens is 380 g/mol. The topological polar surface area (TPSA) is 35.5 Å². The summed E-state index contributed by atoms with van der Waals surface area (Å²) in [5.74, 6) is 2.53. The van der Waals surface area contributed by atoms with E-state index in [2.05, 4.69) is 85.1 Å². The molecule has 4 aliphatic carbocycles. The molecule has 3 heteroatoms. The van der Waals surface area contributed by atoms with E-state index >= 15 is 0 Å². The van der Waals surface area contributed by atoms with Crippen molar-refractivity contribution >= 4 is 0 Å². The summed E-state index contributed by atoms with van der Waals surface area (Å²) < 4.78 is 0. The molecule has 0 spiro atoms. The Labute approximate surface area is 192 Å². The summed E-state index contributed by atoms with van der Waals surface area (Å²) in [7, 11) is 6.61. The van der Waals surface area contributed by atoms with Crippen molar-refractivity contribution in [1.29, 1.82) is 0 Å². The third-order valence-corrected chi connectivity index (χ3v) is 11.9. The predicted molar refractivity (Wildman–Crippen MR) is 131 cm³/mol. The fourth-order valence-electron chi connectivity index (χ4n) is 10.2. The Hall–Kier alpha value is -0.380. The van der Waals surface area contributed by atoms with Crippen LogP contribution in [0.3, 0.4) is 0 Å². The normalized spacial score (nSPS) is 51.8. The van der Waals surface area contributed by atoms with Crippen LogP contribution in [0.5, 0.6) is 0 Å². The van der Waals surface area contributed by atoms with Gasteiger partial charge in [0.25, 0.3) is 0 Å². The van der Waals surface area contributed by atoms with E-state index in [0.29, 0.717) is 28.8 Å². The van der Waals surface area contributed by atoms with Gasteiger partial charge >= 0.3 is 0 Å². The second-order valence-electron chi connectivity index (χ2n) is 13.1. The Morgan fingerprint density at radius 3 is 2.26 bits per heavy atom. The number of nitrogens with zero attached hydrogens (tertiary/aromatic N) is 1. The van der Waals surface area contributed by atoms with Crippen LogP contribution in [0.25, 0.3) is 0 Å². The van der Waals surface area contributed by atoms with E-state index in [4.69, 9.17) is 0 Å². The molecule has 0 aliphatic heterocycles. The average molecular weight is 431 g/mol. The summed E-state index contributed by atoms with van der Waals surface area (Å²) in [5.41, 5.74) is 0.873. The van der Waals surface area contributed by atoms with Crippen LogP contribution in [0.4, 0.5) is 0 Å². The summed E-state index contributed by atoms with van der Waals surface area (Å²) in [5, 5.41) is 14.8. The summed E-state index contributed by atoms with van der Waals surface area (Å²) >= 11 is 0. The number of hydrogen-bond donors (Lipinski definition) is 2. The lowest BCUT2D eigenvalue weighted by Gasteiger charge is -2.67. The summed E-state index contributed by atoms with van der Waals surface area (Å²) in [6.07, 6.45) is 12.7. The zero-order valence-corrected chi connectivity index (χ0v) is 21.8. The third-order valence-electron chi connectivity index (χ3n) is 11.9. The molecule has 5 unspecified atom stereocenters. The maximum absolute atomic E-state index is 11.3. The fraction of sp³-hybridized carbons (Fsp3) is 0.929. The molecule has 0 heterocycles. The maximum Gasteiger partial charge on any atom is 0.0597 e. The second-order valence-corrected chi connectivity index (χ2v) is 13.1. The minimum Gasteiger partial charge on any atom is -0.393 e. The Balaban J connectivity index is 1.78. The highest BCUT2D eigenvalue weighted by Crippen LogP contribution is 2.73. The minimum atomic E-state index is -0.214. The lowest BCUT2D eigenvalue weighted by Crippen LogP contribution is -2.62. The van der Waals surface area contributed by atoms with Crippen molar-refractivity contribution in [3.05, 3.63) is 12.2 Å². The number of fused-ring (bicyclic) bond motifs is 5. The van der Waals surface area contributed by atoms with Crippen molar-refractivity contribution in [3.8, 4) is 0 Å². The van der Waals surface area contributed by atoms with Gasteiger partial charge < -0.3 is 15.3 Å². The number of aliphatic hydroxyl groups excluding tert-OH is 1. The largest absolute Gasteiger partial charge is 0.393 e. The quantitative estimate of drug-likeness (QED) is 0.590. The first-order chi connectivity index (χ1) is 14.4. The van der Waals surface area contributed by atoms with Crippen molar-refractivity contribution in [2.24, 2.45) is 45.3 Å². The van der Waals surface area contributed by atoms with E-state index in [0.717, 1.165) is 18.3 Å². The Morgan fingerprint density at radius 1 is 1.03 bits per heavy atom. The van der Waals surface area contributed by atoms with Gasteiger partial charge in [-0.25, -0.2) is 0 Å². The highest BCUT2D eigenvalue weighted by molar-refractivity contribution is 5.30. The van der Waals surface area contributed by atoms with Crippen molar-refractivity contribution in [2.45, 2.75) is 98.3 Å². The monoisotopic (exact) mass is 430 g/mol. The lowest BCUT2D eigenvalue weighted by molar-refractivity contribution is -0.150. The van der Waals surface area contributed by atoms with E-state index in [1.807, 2.05) is 0 Å². The SMILES string of the molecule is CC[C@@]12C=C[C@]3(C)[C@@H]([C@H](C)NC)C(O)CC3(C)[C@@H]1CCC1C2CCC(N(C)C)C1(C)C. The van der Waals surface area contributed by atoms with Crippen molar-refractivity contribution in [3.63, 3.8) is 0 Å². The van der Waals surface area contributed by atoms with E-state index in [-0.39, 0.29) is 22.9 Å². The molecule has 178 valence electrons. The molecule has 0 saturated heterocycles. The molecule has 0 aromatic carbocycles. The molecule has 10 atom stereocenters. The number of allylic oxidation sites excluding steroid dienone is 2. The summed E-state index contributed by atoms with van der Waals surface area (Å²) in [4.78, 5) is 2.49. The van der Waals surface area contributed by atoms with Gasteiger partial charge in [-0.05, 0) is 106 Å². The molecule has 0 bridgehead atoms. The number of aliphatic hydroxyl groups is 1. The zero-order chi connectivity index (χ0) is 23.0. The Morgan fingerprint density at radius 2 is 1.68 bits per heavy atom. The van der Waals surface area contributed by atoms with Crippen LogP contribution in [0.15, 0.2) is 12.2 Å². The number of rotatable bonds is 4. The van der Waals surface area contributed by atoms with Crippen molar-refractivity contribution in [2.75, 3.05) is 21.1 Å². The Kier molecular flexibility index (Phi) is 5.80. The van der Waals surface area contributed by atoms with Gasteiger partial charge in [-0.15, -0.1) is 0 Å². The standard InChI is InChI=1S/C28H50N2O/c1-10-28-16-15-26(5)24(18(2)29-7)21(31)17-27(26,6)22(28)13-11-19-20(28)12-14-23(30(8)9)25(19,3)4/h15-16,18-24,29,31H,10-14,17H2,1-9H3/t18-,19?,20?,21?,22-,23?,24-,26+,27?,28-/m0/s1. The maximum atomic E-state index is 11.3. The van der Waals surface area contributed by atoms with Crippen LogP contribution in [-0.4, -0.2) is 49.3 Å². The predicted octanol–water partition coefficient (Wildman–Crippen LogP) is 5.35. The molecule has 31 heavy (non-hydrogen) atoms. The van der Waals surface area contributed by atoms with E-state index in [1.54, 1.807) is 0 Å². The molecule has 3 saturated carbocycles. The molecule has 0 aromatic heterocycles. The minimum absolute atomic E-state index is 0.0569. The smallest absolute Gasteiger partial charge is 0.0597 e. The van der Waals surface area contributed by atoms with E-state index < -0.39 is 0 Å². The van der Waals surface area contributed by atoms with Crippen molar-refractivity contribution < 1.29 is 5.11 Å². The molecule has 4 aliphatic rings. The van der Waals surface area contributed by atoms with Gasteiger partial charge in [0.15, 0.2) is 0 Å². The van der Waals surface area contributed by atoms with Gasteiger partial charge in [0.1, 0.15) is 0 Å². The zero-order valence-electron chi connectivity index (χ0n) is 21.8. The van der Waals surface area contributed by atoms with Gasteiger partial charge in [0, 0.05) is 18.0 Å². The molecule has 0 amide bonds. The highest BCUT2D eigenvalue weighted by atomic mass is 16.3. The van der Waals surface area contributed by atoms with Crippen LogP contribution in [0.2, 0.25) is 0 Å². The lowest BCUT2D eigenvalue weighted by atomic mass is 9.38. The van der Waals surface area contributed by atoms with Crippen LogP contribution >= 0.6 is 0 Å². The summed E-state index contributed by atoms with van der Waals surface area (Å²) in [6.45, 7) is 14.9. The van der Waals surface area contributed by atoms with Gasteiger partial charge in [-0.1, -0.05) is 46.8 Å². The van der Waals surface area contributed by atoms with E-state index in [1.165, 1.54) is 32.1 Å². The third kappa shape index (κ3) is 2.94. The first-order valence-electron chi connectivity index (χ1n) is 13.1. The van der Waals surface area contributed by atoms with Crippen LogP contribution < -0.4 is 5.32 Å².